The summed E-state index contributed by atoms with van der Waals surface area (Å²) in [7, 11) is 3.20. The Morgan fingerprint density at radius 1 is 1.39 bits per heavy atom. The summed E-state index contributed by atoms with van der Waals surface area (Å²) < 4.78 is 10.9. The third kappa shape index (κ3) is 4.46. The molecule has 1 heterocycles. The van der Waals surface area contributed by atoms with Crippen molar-refractivity contribution < 1.29 is 19.4 Å². The van der Waals surface area contributed by atoms with Gasteiger partial charge < -0.3 is 19.5 Å². The number of ether oxygens (including phenoxy) is 2. The van der Waals surface area contributed by atoms with Crippen LogP contribution in [0.1, 0.15) is 23.1 Å². The number of benzene rings is 1. The lowest BCUT2D eigenvalue weighted by Gasteiger charge is -2.17. The number of para-hydroxylation sites is 2. The van der Waals surface area contributed by atoms with Crippen LogP contribution in [0.25, 0.3) is 0 Å². The Hall–Kier alpha value is -2.54. The van der Waals surface area contributed by atoms with Crippen LogP contribution in [0.5, 0.6) is 11.5 Å². The van der Waals surface area contributed by atoms with Crippen molar-refractivity contribution in [1.82, 2.24) is 15.1 Å². The lowest BCUT2D eigenvalue weighted by molar-refractivity contribution is 0.0698. The van der Waals surface area contributed by atoms with Gasteiger partial charge in [0.1, 0.15) is 6.61 Å². The largest absolute Gasteiger partial charge is 0.493 e. The smallest absolute Gasteiger partial charge is 0.274 e. The molecule has 7 heteroatoms. The number of amides is 1. The van der Waals surface area contributed by atoms with Gasteiger partial charge in [0.25, 0.3) is 5.91 Å². The van der Waals surface area contributed by atoms with Crippen LogP contribution in [-0.2, 0) is 6.61 Å². The molecule has 7 nitrogen and oxygen atoms in total. The van der Waals surface area contributed by atoms with Gasteiger partial charge in [0.15, 0.2) is 17.2 Å². The summed E-state index contributed by atoms with van der Waals surface area (Å²) in [6, 6.07) is 8.96. The van der Waals surface area contributed by atoms with E-state index in [4.69, 9.17) is 9.47 Å². The monoisotopic (exact) mass is 319 g/mol. The number of rotatable bonds is 7. The zero-order valence-corrected chi connectivity index (χ0v) is 13.4. The lowest BCUT2D eigenvalue weighted by Crippen LogP contribution is -2.33. The quantitative estimate of drug-likeness (QED) is 0.806. The Balaban J connectivity index is 1.98. The van der Waals surface area contributed by atoms with Crippen molar-refractivity contribution in [2.75, 3.05) is 20.7 Å². The van der Waals surface area contributed by atoms with Gasteiger partial charge in [-0.3, -0.25) is 9.89 Å². The first-order chi connectivity index (χ1) is 11.0. The Morgan fingerprint density at radius 3 is 2.74 bits per heavy atom. The molecule has 0 spiro atoms. The van der Waals surface area contributed by atoms with Gasteiger partial charge in [-0.2, -0.15) is 5.10 Å². The Kier molecular flexibility index (Phi) is 5.59. The first kappa shape index (κ1) is 16.8. The average molecular weight is 319 g/mol. The maximum absolute atomic E-state index is 12.1. The summed E-state index contributed by atoms with van der Waals surface area (Å²) >= 11 is 0. The molecule has 0 saturated carbocycles. The van der Waals surface area contributed by atoms with E-state index in [1.165, 1.54) is 4.90 Å². The summed E-state index contributed by atoms with van der Waals surface area (Å²) in [6.07, 6.45) is -0.587. The van der Waals surface area contributed by atoms with E-state index in [0.717, 1.165) is 0 Å². The van der Waals surface area contributed by atoms with E-state index in [0.29, 0.717) is 17.2 Å². The summed E-state index contributed by atoms with van der Waals surface area (Å²) in [6.45, 7) is 2.11. The predicted octanol–water partition coefficient (Wildman–Crippen LogP) is 1.45. The molecule has 2 N–H and O–H groups in total. The van der Waals surface area contributed by atoms with Gasteiger partial charge in [-0.05, 0) is 25.1 Å². The predicted molar refractivity (Wildman–Crippen MR) is 84.6 cm³/mol. The maximum atomic E-state index is 12.1. The van der Waals surface area contributed by atoms with Crippen LogP contribution in [0, 0.1) is 0 Å². The summed E-state index contributed by atoms with van der Waals surface area (Å²) in [5, 5.41) is 16.1. The third-order valence-electron chi connectivity index (χ3n) is 3.19. The zero-order chi connectivity index (χ0) is 16.8. The SMILES string of the molecule is COc1ccccc1OCc1cc(C(=O)N(C)C[C@H](C)O)n[nH]1. The van der Waals surface area contributed by atoms with Crippen LogP contribution in [0.4, 0.5) is 0 Å². The molecule has 0 aliphatic heterocycles. The average Bonchev–Trinajstić information content (AvgIpc) is 3.00. The van der Waals surface area contributed by atoms with E-state index in [1.54, 1.807) is 33.2 Å². The number of hydrogen-bond donors (Lipinski definition) is 2. The number of H-pyrrole nitrogens is 1. The molecule has 124 valence electrons. The third-order valence-corrected chi connectivity index (χ3v) is 3.19. The van der Waals surface area contributed by atoms with Gasteiger partial charge in [-0.1, -0.05) is 12.1 Å². The lowest BCUT2D eigenvalue weighted by atomic mass is 10.3. The molecular weight excluding hydrogens is 298 g/mol. The number of aromatic amines is 1. The van der Waals surface area contributed by atoms with Gasteiger partial charge >= 0.3 is 0 Å². The molecule has 0 saturated heterocycles. The molecule has 0 unspecified atom stereocenters. The van der Waals surface area contributed by atoms with Gasteiger partial charge in [0.05, 0.1) is 18.9 Å². The highest BCUT2D eigenvalue weighted by Gasteiger charge is 2.17. The fourth-order valence-corrected chi connectivity index (χ4v) is 2.11. The highest BCUT2D eigenvalue weighted by Crippen LogP contribution is 2.26. The molecular formula is C16H21N3O4. The van der Waals surface area contributed by atoms with Crippen molar-refractivity contribution in [3.63, 3.8) is 0 Å². The van der Waals surface area contributed by atoms with Crippen molar-refractivity contribution in [1.29, 1.82) is 0 Å². The number of hydrogen-bond acceptors (Lipinski definition) is 5. The highest BCUT2D eigenvalue weighted by molar-refractivity contribution is 5.92. The molecule has 23 heavy (non-hydrogen) atoms. The number of aliphatic hydroxyl groups is 1. The topological polar surface area (TPSA) is 87.7 Å². The van der Waals surface area contributed by atoms with Crippen LogP contribution in [-0.4, -0.2) is 52.9 Å². The minimum absolute atomic E-state index is 0.237. The van der Waals surface area contributed by atoms with Gasteiger partial charge in [0, 0.05) is 13.6 Å². The normalized spacial score (nSPS) is 11.8. The summed E-state index contributed by atoms with van der Waals surface area (Å²) in [5.74, 6) is 0.995. The second kappa shape index (κ2) is 7.64. The second-order valence-corrected chi connectivity index (χ2v) is 5.25. The summed E-state index contributed by atoms with van der Waals surface area (Å²) in [4.78, 5) is 13.6. The van der Waals surface area contributed by atoms with Crippen molar-refractivity contribution >= 4 is 5.91 Å². The fraction of sp³-hybridized carbons (Fsp3) is 0.375. The van der Waals surface area contributed by atoms with Gasteiger partial charge in [-0.25, -0.2) is 0 Å². The van der Waals surface area contributed by atoms with Crippen LogP contribution < -0.4 is 9.47 Å². The number of aliphatic hydroxyl groups excluding tert-OH is 1. The Morgan fingerprint density at radius 2 is 2.09 bits per heavy atom. The minimum atomic E-state index is -0.587. The first-order valence-electron chi connectivity index (χ1n) is 7.25. The number of aromatic nitrogens is 2. The number of carbonyl (C=O) groups is 1. The minimum Gasteiger partial charge on any atom is -0.493 e. The van der Waals surface area contributed by atoms with Gasteiger partial charge in [-0.15, -0.1) is 0 Å². The Bertz CT molecular complexity index is 654. The van der Waals surface area contributed by atoms with Gasteiger partial charge in [0.2, 0.25) is 0 Å². The molecule has 0 bridgehead atoms. The van der Waals surface area contributed by atoms with Crippen LogP contribution in [0.15, 0.2) is 30.3 Å². The van der Waals surface area contributed by atoms with E-state index < -0.39 is 6.10 Å². The Labute approximate surface area is 134 Å². The van der Waals surface area contributed by atoms with Crippen LogP contribution >= 0.6 is 0 Å². The molecule has 1 amide bonds. The molecule has 0 aliphatic carbocycles. The molecule has 0 radical (unpaired) electrons. The number of methoxy groups -OCH3 is 1. The zero-order valence-electron chi connectivity index (χ0n) is 13.4. The summed E-state index contributed by atoms with van der Waals surface area (Å²) in [5.41, 5.74) is 0.955. The van der Waals surface area contributed by atoms with Crippen LogP contribution in [0.3, 0.4) is 0 Å². The van der Waals surface area contributed by atoms with E-state index in [9.17, 15) is 9.90 Å². The second-order valence-electron chi connectivity index (χ2n) is 5.25. The van der Waals surface area contributed by atoms with Crippen molar-refractivity contribution in [2.45, 2.75) is 19.6 Å². The van der Waals surface area contributed by atoms with Crippen molar-refractivity contribution in [3.05, 3.63) is 41.7 Å². The molecule has 2 aromatic rings. The molecule has 1 aromatic carbocycles. The highest BCUT2D eigenvalue weighted by atomic mass is 16.5. The van der Waals surface area contributed by atoms with Crippen molar-refractivity contribution in [3.8, 4) is 11.5 Å². The molecule has 1 aromatic heterocycles. The number of likely N-dealkylation sites (N-methyl/N-ethyl adjacent to an activating group) is 1. The number of nitrogens with zero attached hydrogens (tertiary/aromatic N) is 2. The standard InChI is InChI=1S/C16H21N3O4/c1-11(20)9-19(2)16(21)13-8-12(17-18-13)10-23-15-7-5-4-6-14(15)22-3/h4-8,11,20H,9-10H2,1-3H3,(H,17,18)/t11-/m0/s1. The first-order valence-corrected chi connectivity index (χ1v) is 7.25. The fourth-order valence-electron chi connectivity index (χ4n) is 2.11. The van der Waals surface area contributed by atoms with E-state index in [1.807, 2.05) is 18.2 Å². The number of carbonyl (C=O) groups excluding carboxylic acids is 1. The van der Waals surface area contributed by atoms with E-state index in [2.05, 4.69) is 10.2 Å². The number of nitrogens with one attached hydrogen (secondary N) is 1. The van der Waals surface area contributed by atoms with Crippen LogP contribution in [0.2, 0.25) is 0 Å². The molecule has 0 aliphatic rings. The molecule has 2 rings (SSSR count). The van der Waals surface area contributed by atoms with Crippen molar-refractivity contribution in [2.24, 2.45) is 0 Å². The van der Waals surface area contributed by atoms with E-state index in [-0.39, 0.29) is 24.8 Å². The molecule has 0 fully saturated rings. The van der Waals surface area contributed by atoms with E-state index >= 15 is 0 Å². The maximum Gasteiger partial charge on any atom is 0.274 e. The molecule has 1 atom stereocenters.